The summed E-state index contributed by atoms with van der Waals surface area (Å²) in [5.41, 5.74) is 5.74. The molecule has 0 saturated carbocycles. The molecule has 7 aromatic rings. The molecule has 0 aromatic heterocycles. The van der Waals surface area contributed by atoms with Gasteiger partial charge in [-0.2, -0.15) is 0 Å². The fraction of sp³-hybridized carbons (Fsp3) is 0. The Balaban J connectivity index is 1.34. The van der Waals surface area contributed by atoms with Gasteiger partial charge >= 0.3 is 0 Å². The molecular formula is C36H23Br2N. The summed E-state index contributed by atoms with van der Waals surface area (Å²) in [6.07, 6.45) is 0. The molecule has 0 amide bonds. The molecule has 0 bridgehead atoms. The van der Waals surface area contributed by atoms with Gasteiger partial charge in [-0.1, -0.05) is 105 Å². The van der Waals surface area contributed by atoms with E-state index < -0.39 is 0 Å². The third-order valence-electron chi connectivity index (χ3n) is 7.37. The van der Waals surface area contributed by atoms with Gasteiger partial charge in [0, 0.05) is 26.0 Å². The predicted octanol–water partition coefficient (Wildman–Crippen LogP) is 11.8. The molecule has 0 unspecified atom stereocenters. The Morgan fingerprint density at radius 3 is 1.15 bits per heavy atom. The van der Waals surface area contributed by atoms with Crippen LogP contribution in [0.15, 0.2) is 148 Å². The number of anilines is 3. The van der Waals surface area contributed by atoms with Crippen molar-refractivity contribution in [3.05, 3.63) is 148 Å². The van der Waals surface area contributed by atoms with Gasteiger partial charge in [-0.15, -0.1) is 0 Å². The molecule has 0 heterocycles. The standard InChI is InChI=1S/C36H23Br2N/c37-26-12-18-29(19-13-26)39(30-20-14-27(38)15-21-30)28-16-9-24(10-17-28)25-11-22-35-33-7-2-1-5-31(33)32-6-3-4-8-34(32)36(35)23-25/h1-23H. The summed E-state index contributed by atoms with van der Waals surface area (Å²) in [5.74, 6) is 0. The van der Waals surface area contributed by atoms with Crippen molar-refractivity contribution in [2.45, 2.75) is 0 Å². The highest BCUT2D eigenvalue weighted by atomic mass is 79.9. The van der Waals surface area contributed by atoms with Gasteiger partial charge in [0.05, 0.1) is 0 Å². The number of halogens is 2. The van der Waals surface area contributed by atoms with Gasteiger partial charge in [-0.25, -0.2) is 0 Å². The van der Waals surface area contributed by atoms with Gasteiger partial charge < -0.3 is 4.90 Å². The van der Waals surface area contributed by atoms with Crippen molar-refractivity contribution in [1.82, 2.24) is 0 Å². The van der Waals surface area contributed by atoms with Crippen LogP contribution in [0.2, 0.25) is 0 Å². The number of nitrogens with zero attached hydrogens (tertiary/aromatic N) is 1. The lowest BCUT2D eigenvalue weighted by Gasteiger charge is -2.26. The number of fused-ring (bicyclic) bond motifs is 6. The summed E-state index contributed by atoms with van der Waals surface area (Å²) >= 11 is 7.15. The van der Waals surface area contributed by atoms with Gasteiger partial charge in [0.25, 0.3) is 0 Å². The Kier molecular flexibility index (Phi) is 6.19. The highest BCUT2D eigenvalue weighted by Gasteiger charge is 2.14. The molecule has 7 rings (SSSR count). The van der Waals surface area contributed by atoms with Crippen LogP contribution in [0.5, 0.6) is 0 Å². The number of hydrogen-bond donors (Lipinski definition) is 0. The van der Waals surface area contributed by atoms with Crippen LogP contribution in [-0.4, -0.2) is 0 Å². The summed E-state index contributed by atoms with van der Waals surface area (Å²) in [6.45, 7) is 0. The van der Waals surface area contributed by atoms with E-state index in [4.69, 9.17) is 0 Å². The predicted molar refractivity (Wildman–Crippen MR) is 174 cm³/mol. The Bertz CT molecular complexity index is 1880. The smallest absolute Gasteiger partial charge is 0.0462 e. The van der Waals surface area contributed by atoms with Crippen LogP contribution in [-0.2, 0) is 0 Å². The van der Waals surface area contributed by atoms with Crippen molar-refractivity contribution in [3.8, 4) is 11.1 Å². The zero-order chi connectivity index (χ0) is 26.3. The summed E-state index contributed by atoms with van der Waals surface area (Å²) in [5, 5.41) is 7.78. The second kappa shape index (κ2) is 10.00. The lowest BCUT2D eigenvalue weighted by Crippen LogP contribution is -2.09. The quantitative estimate of drug-likeness (QED) is 0.175. The minimum absolute atomic E-state index is 1.06. The Hall–Kier alpha value is -3.92. The van der Waals surface area contributed by atoms with Gasteiger partial charge in [0.15, 0.2) is 0 Å². The van der Waals surface area contributed by atoms with Crippen LogP contribution < -0.4 is 4.90 Å². The molecule has 0 spiro atoms. The second-order valence-electron chi connectivity index (χ2n) is 9.69. The van der Waals surface area contributed by atoms with Gasteiger partial charge in [-0.3, -0.25) is 0 Å². The zero-order valence-electron chi connectivity index (χ0n) is 21.0. The van der Waals surface area contributed by atoms with E-state index >= 15 is 0 Å². The van der Waals surface area contributed by atoms with Gasteiger partial charge in [0.2, 0.25) is 0 Å². The van der Waals surface area contributed by atoms with Crippen molar-refractivity contribution >= 4 is 81.2 Å². The Morgan fingerprint density at radius 1 is 0.333 bits per heavy atom. The monoisotopic (exact) mass is 627 g/mol. The number of rotatable bonds is 4. The molecule has 0 saturated heterocycles. The maximum absolute atomic E-state index is 3.57. The minimum Gasteiger partial charge on any atom is -0.311 e. The Labute approximate surface area is 244 Å². The van der Waals surface area contributed by atoms with E-state index in [1.807, 2.05) is 0 Å². The highest BCUT2D eigenvalue weighted by Crippen LogP contribution is 2.39. The summed E-state index contributed by atoms with van der Waals surface area (Å²) in [7, 11) is 0. The van der Waals surface area contributed by atoms with Crippen LogP contribution >= 0.6 is 31.9 Å². The highest BCUT2D eigenvalue weighted by molar-refractivity contribution is 9.10. The third kappa shape index (κ3) is 4.42. The molecule has 0 aliphatic heterocycles. The number of hydrogen-bond acceptors (Lipinski definition) is 1. The molecule has 0 atom stereocenters. The van der Waals surface area contributed by atoms with Crippen LogP contribution in [0.1, 0.15) is 0 Å². The Morgan fingerprint density at radius 2 is 0.692 bits per heavy atom. The van der Waals surface area contributed by atoms with E-state index in [0.29, 0.717) is 0 Å². The van der Waals surface area contributed by atoms with E-state index in [2.05, 4.69) is 176 Å². The topological polar surface area (TPSA) is 3.24 Å². The lowest BCUT2D eigenvalue weighted by atomic mass is 9.92. The van der Waals surface area contributed by atoms with E-state index in [1.54, 1.807) is 0 Å². The molecule has 0 fully saturated rings. The van der Waals surface area contributed by atoms with Crippen molar-refractivity contribution in [2.24, 2.45) is 0 Å². The maximum atomic E-state index is 3.57. The summed E-state index contributed by atoms with van der Waals surface area (Å²) in [4.78, 5) is 2.28. The normalized spacial score (nSPS) is 11.3. The van der Waals surface area contributed by atoms with Crippen molar-refractivity contribution < 1.29 is 0 Å². The van der Waals surface area contributed by atoms with E-state index in [9.17, 15) is 0 Å². The molecule has 0 aliphatic rings. The molecule has 1 nitrogen and oxygen atoms in total. The molecule has 39 heavy (non-hydrogen) atoms. The van der Waals surface area contributed by atoms with Gasteiger partial charge in [-0.05, 0) is 110 Å². The van der Waals surface area contributed by atoms with Gasteiger partial charge in [0.1, 0.15) is 0 Å². The largest absolute Gasteiger partial charge is 0.311 e. The fourth-order valence-electron chi connectivity index (χ4n) is 5.52. The first-order valence-corrected chi connectivity index (χ1v) is 14.5. The molecule has 0 radical (unpaired) electrons. The summed E-state index contributed by atoms with van der Waals surface area (Å²) in [6, 6.07) is 50.1. The molecule has 0 aliphatic carbocycles. The second-order valence-corrected chi connectivity index (χ2v) is 11.5. The van der Waals surface area contributed by atoms with E-state index in [-0.39, 0.29) is 0 Å². The van der Waals surface area contributed by atoms with Crippen LogP contribution in [0, 0.1) is 0 Å². The number of benzene rings is 7. The van der Waals surface area contributed by atoms with Crippen LogP contribution in [0.3, 0.4) is 0 Å². The van der Waals surface area contributed by atoms with Crippen molar-refractivity contribution in [1.29, 1.82) is 0 Å². The maximum Gasteiger partial charge on any atom is 0.0462 e. The summed E-state index contributed by atoms with van der Waals surface area (Å²) < 4.78 is 2.13. The first-order valence-electron chi connectivity index (χ1n) is 12.9. The molecule has 3 heteroatoms. The first kappa shape index (κ1) is 24.1. The first-order chi connectivity index (χ1) is 19.2. The molecular weight excluding hydrogens is 606 g/mol. The molecule has 0 N–H and O–H groups in total. The average molecular weight is 629 g/mol. The average Bonchev–Trinajstić information content (AvgIpc) is 2.99. The zero-order valence-corrected chi connectivity index (χ0v) is 24.2. The van der Waals surface area contributed by atoms with Crippen molar-refractivity contribution in [2.75, 3.05) is 4.90 Å². The van der Waals surface area contributed by atoms with Crippen molar-refractivity contribution in [3.63, 3.8) is 0 Å². The van der Waals surface area contributed by atoms with E-state index in [1.165, 1.54) is 43.4 Å². The fourth-order valence-corrected chi connectivity index (χ4v) is 6.05. The third-order valence-corrected chi connectivity index (χ3v) is 8.43. The van der Waals surface area contributed by atoms with Crippen LogP contribution in [0.25, 0.3) is 43.4 Å². The molecule has 186 valence electrons. The molecule has 7 aromatic carbocycles. The lowest BCUT2D eigenvalue weighted by molar-refractivity contribution is 1.28. The van der Waals surface area contributed by atoms with Crippen LogP contribution in [0.4, 0.5) is 17.1 Å². The van der Waals surface area contributed by atoms with E-state index in [0.717, 1.165) is 26.0 Å². The minimum atomic E-state index is 1.06. The SMILES string of the molecule is Brc1ccc(N(c2ccc(Br)cc2)c2ccc(-c3ccc4c5ccccc5c5ccccc5c4c3)cc2)cc1.